The molecule has 13 nitrogen and oxygen atoms in total. The first-order valence-electron chi connectivity index (χ1n) is 18.0. The van der Waals surface area contributed by atoms with E-state index in [1.807, 2.05) is 32.0 Å². The molecule has 0 spiro atoms. The summed E-state index contributed by atoms with van der Waals surface area (Å²) in [6, 6.07) is 8.35. The van der Waals surface area contributed by atoms with Crippen molar-refractivity contribution in [3.63, 3.8) is 0 Å². The summed E-state index contributed by atoms with van der Waals surface area (Å²) in [7, 11) is 5.28. The number of methoxy groups -OCH3 is 1. The van der Waals surface area contributed by atoms with Crippen LogP contribution >= 0.6 is 0 Å². The van der Waals surface area contributed by atoms with Crippen LogP contribution in [0.15, 0.2) is 30.3 Å². The fourth-order valence-electron chi connectivity index (χ4n) is 7.74. The molecule has 3 heterocycles. The van der Waals surface area contributed by atoms with E-state index in [9.17, 15) is 24.3 Å². The van der Waals surface area contributed by atoms with Gasteiger partial charge in [0.15, 0.2) is 24.1 Å². The van der Waals surface area contributed by atoms with Gasteiger partial charge in [0.1, 0.15) is 11.9 Å². The summed E-state index contributed by atoms with van der Waals surface area (Å²) in [5.41, 5.74) is -2.27. The summed E-state index contributed by atoms with van der Waals surface area (Å²) in [6.07, 6.45) is -6.55. The standard InChI is InChI=1S/C38H57NO12/c1-12-28-38(8)32(50-36(44)51-38)22(4)30(41)24(6)37(7,45-11)19-27(21(3)29(40)23(5)33(42)48-28)47-35-31(26(39(9)10)18-20(2)46-35)49-34(43)25-16-14-13-15-17-25/h13-17,20-24,26-29,31-32,35,40H,12,18-19H2,1-11H3/t20-,21-,22+,23-,24+,26+,27+,28-,29?,31-,32-,35+,37-,38+/m1/s1. The van der Waals surface area contributed by atoms with Gasteiger partial charge in [-0.2, -0.15) is 0 Å². The lowest BCUT2D eigenvalue weighted by molar-refractivity contribution is -0.281. The first-order chi connectivity index (χ1) is 23.9. The molecule has 14 atom stereocenters. The maximum Gasteiger partial charge on any atom is 0.509 e. The van der Waals surface area contributed by atoms with Gasteiger partial charge < -0.3 is 43.2 Å². The summed E-state index contributed by atoms with van der Waals surface area (Å²) < 4.78 is 42.5. The third-order valence-electron chi connectivity index (χ3n) is 11.5. The molecule has 0 aromatic heterocycles. The first-order valence-corrected chi connectivity index (χ1v) is 18.0. The van der Waals surface area contributed by atoms with Crippen molar-refractivity contribution in [2.75, 3.05) is 21.2 Å². The van der Waals surface area contributed by atoms with E-state index >= 15 is 0 Å². The monoisotopic (exact) mass is 719 g/mol. The second-order valence-electron chi connectivity index (χ2n) is 15.2. The molecular weight excluding hydrogens is 662 g/mol. The van der Waals surface area contributed by atoms with Gasteiger partial charge in [-0.15, -0.1) is 0 Å². The Morgan fingerprint density at radius 2 is 1.65 bits per heavy atom. The van der Waals surface area contributed by atoms with E-state index in [0.717, 1.165) is 0 Å². The molecule has 0 bridgehead atoms. The van der Waals surface area contributed by atoms with Crippen molar-refractivity contribution in [2.24, 2.45) is 23.7 Å². The Hall–Kier alpha value is -3.10. The van der Waals surface area contributed by atoms with Crippen LogP contribution in [0.4, 0.5) is 4.79 Å². The number of aliphatic hydroxyl groups is 1. The molecule has 1 N–H and O–H groups in total. The van der Waals surface area contributed by atoms with Crippen LogP contribution in [0.2, 0.25) is 0 Å². The Balaban J connectivity index is 1.77. The highest BCUT2D eigenvalue weighted by Crippen LogP contribution is 2.42. The van der Waals surface area contributed by atoms with Crippen molar-refractivity contribution in [3.05, 3.63) is 35.9 Å². The van der Waals surface area contributed by atoms with Crippen molar-refractivity contribution in [1.82, 2.24) is 4.90 Å². The SMILES string of the molecule is CC[C@H]1OC(=O)[C@H](C)C(O)[C@H](C)[C@@H](O[C@@H]2O[C@H](C)C[C@H](N(C)C)[C@H]2OC(=O)c2ccccc2)C[C@@](C)(OC)[C@@H](C)C(=O)[C@H](C)[C@H]2OC(=O)O[C@]21C. The van der Waals surface area contributed by atoms with Crippen molar-refractivity contribution in [1.29, 1.82) is 0 Å². The van der Waals surface area contributed by atoms with Crippen molar-refractivity contribution < 1.29 is 57.4 Å². The number of Topliss-reactive ketones (excluding diaryl/α,β-unsaturated/α-hetero) is 1. The van der Waals surface area contributed by atoms with Crippen LogP contribution in [-0.4, -0.2) is 115 Å². The predicted octanol–water partition coefficient (Wildman–Crippen LogP) is 4.56. The molecule has 0 amide bonds. The Labute approximate surface area is 301 Å². The number of esters is 2. The smallest absolute Gasteiger partial charge is 0.458 e. The van der Waals surface area contributed by atoms with E-state index in [-0.39, 0.29) is 30.8 Å². The van der Waals surface area contributed by atoms with Crippen LogP contribution in [0, 0.1) is 23.7 Å². The summed E-state index contributed by atoms with van der Waals surface area (Å²) in [5.74, 6) is -4.95. The van der Waals surface area contributed by atoms with Crippen LogP contribution in [0.5, 0.6) is 0 Å². The Morgan fingerprint density at radius 3 is 2.24 bits per heavy atom. The number of ketones is 1. The maximum absolute atomic E-state index is 14.3. The number of hydrogen-bond acceptors (Lipinski definition) is 13. The molecule has 1 aromatic carbocycles. The number of benzene rings is 1. The average molecular weight is 720 g/mol. The average Bonchev–Trinajstić information content (AvgIpc) is 3.42. The van der Waals surface area contributed by atoms with Gasteiger partial charge in [0, 0.05) is 25.4 Å². The minimum atomic E-state index is -1.46. The number of aliphatic hydroxyl groups excluding tert-OH is 1. The third kappa shape index (κ3) is 8.43. The summed E-state index contributed by atoms with van der Waals surface area (Å²) in [6.45, 7) is 13.8. The van der Waals surface area contributed by atoms with Gasteiger partial charge >= 0.3 is 18.1 Å². The molecule has 13 heteroatoms. The molecule has 0 saturated carbocycles. The highest BCUT2D eigenvalue weighted by atomic mass is 16.8. The summed E-state index contributed by atoms with van der Waals surface area (Å²) in [4.78, 5) is 55.9. The van der Waals surface area contributed by atoms with Gasteiger partial charge in [0.2, 0.25) is 0 Å². The molecular formula is C38H57NO12. The minimum absolute atomic E-state index is 0.0686. The number of ether oxygens (including phenoxy) is 7. The highest BCUT2D eigenvalue weighted by Gasteiger charge is 2.59. The lowest BCUT2D eigenvalue weighted by Crippen LogP contribution is -2.58. The zero-order chi connectivity index (χ0) is 38.0. The molecule has 0 radical (unpaired) electrons. The number of hydrogen-bond donors (Lipinski definition) is 1. The number of fused-ring (bicyclic) bond motifs is 1. The number of nitrogens with zero attached hydrogens (tertiary/aromatic N) is 1. The van der Waals surface area contributed by atoms with E-state index in [0.29, 0.717) is 12.0 Å². The van der Waals surface area contributed by atoms with E-state index < -0.39 is 89.8 Å². The molecule has 51 heavy (non-hydrogen) atoms. The molecule has 1 aromatic rings. The van der Waals surface area contributed by atoms with E-state index in [4.69, 9.17) is 33.2 Å². The predicted molar refractivity (Wildman–Crippen MR) is 185 cm³/mol. The lowest BCUT2D eigenvalue weighted by atomic mass is 9.73. The van der Waals surface area contributed by atoms with Gasteiger partial charge in [0.05, 0.1) is 47.4 Å². The van der Waals surface area contributed by atoms with Crippen molar-refractivity contribution >= 4 is 23.9 Å². The van der Waals surface area contributed by atoms with Crippen LogP contribution in [0.3, 0.4) is 0 Å². The second kappa shape index (κ2) is 16.3. The molecule has 286 valence electrons. The van der Waals surface area contributed by atoms with Gasteiger partial charge in [0.25, 0.3) is 0 Å². The van der Waals surface area contributed by atoms with Gasteiger partial charge in [-0.1, -0.05) is 45.9 Å². The van der Waals surface area contributed by atoms with Crippen LogP contribution in [-0.2, 0) is 42.7 Å². The van der Waals surface area contributed by atoms with Crippen molar-refractivity contribution in [3.8, 4) is 0 Å². The van der Waals surface area contributed by atoms with Crippen molar-refractivity contribution in [2.45, 2.75) is 135 Å². The topological polar surface area (TPSA) is 156 Å². The molecule has 3 saturated heterocycles. The first kappa shape index (κ1) is 40.7. The zero-order valence-corrected chi connectivity index (χ0v) is 31.8. The Morgan fingerprint density at radius 1 is 1.00 bits per heavy atom. The quantitative estimate of drug-likeness (QED) is 0.309. The Bertz CT molecular complexity index is 1390. The van der Waals surface area contributed by atoms with Gasteiger partial charge in [-0.05, 0) is 66.8 Å². The lowest BCUT2D eigenvalue weighted by Gasteiger charge is -2.46. The Kier molecular flexibility index (Phi) is 13.0. The number of likely N-dealkylation sites (N-methyl/N-ethyl adjacent to an activating group) is 1. The van der Waals surface area contributed by atoms with E-state index in [1.54, 1.807) is 72.7 Å². The molecule has 1 unspecified atom stereocenters. The molecule has 0 aliphatic carbocycles. The molecule has 3 aliphatic heterocycles. The number of carbonyl (C=O) groups excluding carboxylic acids is 4. The summed E-state index contributed by atoms with van der Waals surface area (Å²) >= 11 is 0. The second-order valence-corrected chi connectivity index (χ2v) is 15.2. The van der Waals surface area contributed by atoms with E-state index in [2.05, 4.69) is 0 Å². The fourth-order valence-corrected chi connectivity index (χ4v) is 7.74. The summed E-state index contributed by atoms with van der Waals surface area (Å²) in [5, 5.41) is 11.8. The molecule has 4 rings (SSSR count). The minimum Gasteiger partial charge on any atom is -0.458 e. The maximum atomic E-state index is 14.3. The zero-order valence-electron chi connectivity index (χ0n) is 31.8. The van der Waals surface area contributed by atoms with Crippen LogP contribution < -0.4 is 0 Å². The number of cyclic esters (lactones) is 1. The largest absolute Gasteiger partial charge is 0.509 e. The number of carbonyl (C=O) groups is 4. The third-order valence-corrected chi connectivity index (χ3v) is 11.5. The molecule has 3 aliphatic rings. The number of rotatable bonds is 7. The van der Waals surface area contributed by atoms with E-state index in [1.165, 1.54) is 7.11 Å². The highest BCUT2D eigenvalue weighted by molar-refractivity contribution is 5.89. The fraction of sp³-hybridized carbons (Fsp3) is 0.737. The molecule has 3 fully saturated rings. The van der Waals surface area contributed by atoms with Crippen LogP contribution in [0.1, 0.15) is 85.0 Å². The van der Waals surface area contributed by atoms with Gasteiger partial charge in [-0.3, -0.25) is 9.59 Å². The normalized spacial score (nSPS) is 41.2. The van der Waals surface area contributed by atoms with Gasteiger partial charge in [-0.25, -0.2) is 9.59 Å². The van der Waals surface area contributed by atoms with Crippen LogP contribution in [0.25, 0.3) is 0 Å².